The van der Waals surface area contributed by atoms with Gasteiger partial charge in [-0.1, -0.05) is 18.2 Å². The van der Waals surface area contributed by atoms with Crippen molar-refractivity contribution in [3.8, 4) is 0 Å². The first-order valence-corrected chi connectivity index (χ1v) is 7.44. The Labute approximate surface area is 123 Å². The number of nitrogens with one attached hydrogen (secondary N) is 2. The van der Waals surface area contributed by atoms with Crippen molar-refractivity contribution in [2.75, 3.05) is 12.4 Å². The number of nitrogens with zero attached hydrogens (tertiary/aromatic N) is 1. The van der Waals surface area contributed by atoms with Crippen LogP contribution in [0.15, 0.2) is 29.8 Å². The van der Waals surface area contributed by atoms with Crippen LogP contribution in [0.3, 0.4) is 0 Å². The fourth-order valence-corrected chi connectivity index (χ4v) is 2.91. The number of rotatable bonds is 5. The lowest BCUT2D eigenvalue weighted by Crippen LogP contribution is -2.20. The molecule has 0 saturated carbocycles. The normalized spacial score (nSPS) is 11.9. The summed E-state index contributed by atoms with van der Waals surface area (Å²) in [7, 11) is 1.65. The number of aromatic nitrogens is 1. The number of aryl methyl sites for hydroxylation is 1. The summed E-state index contributed by atoms with van der Waals surface area (Å²) in [5.74, 6) is 0.0147. The number of para-hydroxylation sites is 1. The highest BCUT2D eigenvalue weighted by atomic mass is 32.1. The van der Waals surface area contributed by atoms with Crippen LogP contribution in [0.5, 0.6) is 0 Å². The second-order valence-electron chi connectivity index (χ2n) is 4.68. The zero-order valence-electron chi connectivity index (χ0n) is 11.9. The number of likely N-dealkylation sites (N-methyl/N-ethyl adjacent to an activating group) is 1. The molecule has 2 N–H and O–H groups in total. The van der Waals surface area contributed by atoms with Gasteiger partial charge in [-0.05, 0) is 25.5 Å². The summed E-state index contributed by atoms with van der Waals surface area (Å²) >= 11 is 1.65. The van der Waals surface area contributed by atoms with Gasteiger partial charge in [-0.15, -0.1) is 11.3 Å². The molecule has 0 aliphatic rings. The minimum absolute atomic E-state index is 0.0147. The molecule has 1 atom stereocenters. The summed E-state index contributed by atoms with van der Waals surface area (Å²) < 4.78 is 0. The molecule has 0 bridgehead atoms. The second-order valence-corrected chi connectivity index (χ2v) is 5.56. The summed E-state index contributed by atoms with van der Waals surface area (Å²) in [4.78, 5) is 17.1. The van der Waals surface area contributed by atoms with E-state index >= 15 is 0 Å². The van der Waals surface area contributed by atoms with Gasteiger partial charge in [-0.25, -0.2) is 4.98 Å². The molecule has 0 saturated heterocycles. The highest BCUT2D eigenvalue weighted by molar-refractivity contribution is 7.09. The number of amides is 1. The molecule has 0 radical (unpaired) electrons. The van der Waals surface area contributed by atoms with Gasteiger partial charge in [-0.2, -0.15) is 0 Å². The minimum atomic E-state index is 0.0147. The van der Waals surface area contributed by atoms with E-state index in [9.17, 15) is 4.79 Å². The molecule has 5 heteroatoms. The third-order valence-corrected chi connectivity index (χ3v) is 4.31. The van der Waals surface area contributed by atoms with E-state index in [1.54, 1.807) is 18.4 Å². The quantitative estimate of drug-likeness (QED) is 0.890. The Kier molecular flexibility index (Phi) is 4.74. The maximum atomic E-state index is 11.6. The molecule has 0 aliphatic heterocycles. The van der Waals surface area contributed by atoms with Gasteiger partial charge in [0, 0.05) is 17.6 Å². The van der Waals surface area contributed by atoms with Gasteiger partial charge in [0.2, 0.25) is 5.91 Å². The van der Waals surface area contributed by atoms with Crippen molar-refractivity contribution in [1.29, 1.82) is 0 Å². The number of hydrogen-bond acceptors (Lipinski definition) is 4. The highest BCUT2D eigenvalue weighted by Crippen LogP contribution is 2.27. The molecule has 1 aromatic carbocycles. The van der Waals surface area contributed by atoms with Crippen molar-refractivity contribution in [2.24, 2.45) is 0 Å². The number of carbonyl (C=O) groups excluding carboxylic acids is 1. The van der Waals surface area contributed by atoms with Crippen LogP contribution in [0, 0.1) is 6.92 Å². The summed E-state index contributed by atoms with van der Waals surface area (Å²) in [5, 5.41) is 6.13. The van der Waals surface area contributed by atoms with E-state index in [2.05, 4.69) is 22.5 Å². The monoisotopic (exact) mass is 289 g/mol. The molecule has 1 amide bonds. The van der Waals surface area contributed by atoms with E-state index in [4.69, 9.17) is 0 Å². The fraction of sp³-hybridized carbons (Fsp3) is 0.333. The lowest BCUT2D eigenvalue weighted by molar-refractivity contribution is -0.119. The molecule has 2 rings (SSSR count). The van der Waals surface area contributed by atoms with E-state index in [1.807, 2.05) is 36.7 Å². The van der Waals surface area contributed by atoms with Crippen molar-refractivity contribution < 1.29 is 4.79 Å². The van der Waals surface area contributed by atoms with Gasteiger partial charge in [0.15, 0.2) is 0 Å². The lowest BCUT2D eigenvalue weighted by Gasteiger charge is -2.17. The summed E-state index contributed by atoms with van der Waals surface area (Å²) in [6.07, 6.45) is 0.383. The average molecular weight is 289 g/mol. The van der Waals surface area contributed by atoms with Crippen molar-refractivity contribution in [2.45, 2.75) is 26.3 Å². The molecule has 2 aromatic rings. The summed E-state index contributed by atoms with van der Waals surface area (Å²) in [5.41, 5.74) is 4.91. The largest absolute Gasteiger partial charge is 0.377 e. The van der Waals surface area contributed by atoms with Crippen LogP contribution < -0.4 is 10.6 Å². The Balaban J connectivity index is 2.17. The number of thiazole rings is 1. The molecule has 0 spiro atoms. The molecular weight excluding hydrogens is 270 g/mol. The van der Waals surface area contributed by atoms with Gasteiger partial charge >= 0.3 is 0 Å². The van der Waals surface area contributed by atoms with Crippen LogP contribution in [-0.4, -0.2) is 17.9 Å². The maximum Gasteiger partial charge on any atom is 0.224 e. The van der Waals surface area contributed by atoms with Gasteiger partial charge in [-0.3, -0.25) is 4.79 Å². The second kappa shape index (κ2) is 6.52. The zero-order chi connectivity index (χ0) is 14.5. The van der Waals surface area contributed by atoms with Crippen molar-refractivity contribution >= 4 is 22.9 Å². The molecule has 1 heterocycles. The van der Waals surface area contributed by atoms with Crippen LogP contribution in [0.4, 0.5) is 5.69 Å². The topological polar surface area (TPSA) is 54.0 Å². The number of hydrogen-bond donors (Lipinski definition) is 2. The third kappa shape index (κ3) is 3.36. The average Bonchev–Trinajstić information content (AvgIpc) is 2.87. The molecule has 1 unspecified atom stereocenters. The first-order chi connectivity index (χ1) is 9.61. The fourth-order valence-electron chi connectivity index (χ4n) is 2.10. The Morgan fingerprint density at radius 3 is 2.80 bits per heavy atom. The van der Waals surface area contributed by atoms with Crippen molar-refractivity contribution in [1.82, 2.24) is 10.3 Å². The van der Waals surface area contributed by atoms with Crippen LogP contribution in [0.25, 0.3) is 0 Å². The van der Waals surface area contributed by atoms with Gasteiger partial charge in [0.05, 0.1) is 23.7 Å². The van der Waals surface area contributed by atoms with Crippen molar-refractivity contribution in [3.63, 3.8) is 0 Å². The van der Waals surface area contributed by atoms with Crippen LogP contribution >= 0.6 is 11.3 Å². The van der Waals surface area contributed by atoms with Gasteiger partial charge in [0.25, 0.3) is 0 Å². The predicted octanol–water partition coefficient (Wildman–Crippen LogP) is 2.91. The maximum absolute atomic E-state index is 11.6. The molecule has 4 nitrogen and oxygen atoms in total. The predicted molar refractivity (Wildman–Crippen MR) is 83.1 cm³/mol. The molecule has 0 fully saturated rings. The van der Waals surface area contributed by atoms with Crippen molar-refractivity contribution in [3.05, 3.63) is 45.9 Å². The molecule has 1 aromatic heterocycles. The van der Waals surface area contributed by atoms with E-state index in [0.717, 1.165) is 16.9 Å². The Morgan fingerprint density at radius 2 is 2.15 bits per heavy atom. The SMILES string of the molecule is CNC(=O)Cc1ccccc1NC(C)c1scnc1C. The van der Waals surface area contributed by atoms with Crippen LogP contribution in [-0.2, 0) is 11.2 Å². The molecule has 20 heavy (non-hydrogen) atoms. The van der Waals surface area contributed by atoms with E-state index < -0.39 is 0 Å². The lowest BCUT2D eigenvalue weighted by atomic mass is 10.1. The summed E-state index contributed by atoms with van der Waals surface area (Å²) in [6, 6.07) is 8.08. The van der Waals surface area contributed by atoms with E-state index in [0.29, 0.717) is 6.42 Å². The standard InChI is InChI=1S/C15H19N3OS/c1-10-15(20-9-17-10)11(2)18-13-7-5-4-6-12(13)8-14(19)16-3/h4-7,9,11,18H,8H2,1-3H3,(H,16,19). The van der Waals surface area contributed by atoms with Crippen LogP contribution in [0.1, 0.15) is 29.1 Å². The number of carbonyl (C=O) groups is 1. The third-order valence-electron chi connectivity index (χ3n) is 3.20. The highest BCUT2D eigenvalue weighted by Gasteiger charge is 2.13. The molecule has 0 aliphatic carbocycles. The van der Waals surface area contributed by atoms with Gasteiger partial charge in [0.1, 0.15) is 0 Å². The number of anilines is 1. The first kappa shape index (κ1) is 14.5. The van der Waals surface area contributed by atoms with E-state index in [1.165, 1.54) is 4.88 Å². The Hall–Kier alpha value is -1.88. The van der Waals surface area contributed by atoms with E-state index in [-0.39, 0.29) is 11.9 Å². The Morgan fingerprint density at radius 1 is 1.40 bits per heavy atom. The smallest absolute Gasteiger partial charge is 0.224 e. The number of benzene rings is 1. The Bertz CT molecular complexity index is 594. The molecule has 106 valence electrons. The minimum Gasteiger partial charge on any atom is -0.377 e. The van der Waals surface area contributed by atoms with Crippen LogP contribution in [0.2, 0.25) is 0 Å². The zero-order valence-corrected chi connectivity index (χ0v) is 12.8. The summed E-state index contributed by atoms with van der Waals surface area (Å²) in [6.45, 7) is 4.12. The van der Waals surface area contributed by atoms with Gasteiger partial charge < -0.3 is 10.6 Å². The first-order valence-electron chi connectivity index (χ1n) is 6.56. The molecular formula is C15H19N3OS.